The van der Waals surface area contributed by atoms with Gasteiger partial charge in [-0.1, -0.05) is 24.3 Å². The molecule has 0 spiro atoms. The van der Waals surface area contributed by atoms with E-state index in [1.54, 1.807) is 6.20 Å². The maximum absolute atomic E-state index is 12.1. The van der Waals surface area contributed by atoms with Gasteiger partial charge in [-0.2, -0.15) is 0 Å². The molecule has 0 atom stereocenters. The quantitative estimate of drug-likeness (QED) is 0.440. The van der Waals surface area contributed by atoms with Gasteiger partial charge in [0, 0.05) is 23.6 Å². The lowest BCUT2D eigenvalue weighted by molar-refractivity contribution is 0.0982. The van der Waals surface area contributed by atoms with E-state index in [9.17, 15) is 4.79 Å². The van der Waals surface area contributed by atoms with Crippen molar-refractivity contribution in [1.29, 1.82) is 0 Å². The van der Waals surface area contributed by atoms with Gasteiger partial charge in [-0.15, -0.1) is 6.58 Å². The number of ketones is 1. The lowest BCUT2D eigenvalue weighted by atomic mass is 10.0. The molecule has 2 nitrogen and oxygen atoms in total. The van der Waals surface area contributed by atoms with Crippen molar-refractivity contribution in [3.05, 3.63) is 54.7 Å². The van der Waals surface area contributed by atoms with Crippen LogP contribution < -0.4 is 0 Å². The zero-order chi connectivity index (χ0) is 12.1. The summed E-state index contributed by atoms with van der Waals surface area (Å²) in [5, 5.41) is 1.02. The van der Waals surface area contributed by atoms with Crippen LogP contribution in [0.25, 0.3) is 10.9 Å². The van der Waals surface area contributed by atoms with Crippen molar-refractivity contribution in [3.63, 3.8) is 0 Å². The summed E-state index contributed by atoms with van der Waals surface area (Å²) in [5.74, 6) is 0.163. The van der Waals surface area contributed by atoms with Crippen LogP contribution in [0.5, 0.6) is 0 Å². The van der Waals surface area contributed by atoms with Crippen molar-refractivity contribution in [2.75, 3.05) is 0 Å². The molecule has 2 rings (SSSR count). The topological polar surface area (TPSA) is 30.0 Å². The molecular weight excluding hydrogens is 210 g/mol. The van der Waals surface area contributed by atoms with E-state index >= 15 is 0 Å². The molecule has 0 N–H and O–H groups in total. The van der Waals surface area contributed by atoms with Crippen molar-refractivity contribution in [1.82, 2.24) is 4.98 Å². The van der Waals surface area contributed by atoms with Crippen molar-refractivity contribution >= 4 is 16.7 Å². The average Bonchev–Trinajstić information content (AvgIpc) is 2.38. The minimum atomic E-state index is 0.163. The van der Waals surface area contributed by atoms with Crippen molar-refractivity contribution < 1.29 is 4.79 Å². The molecule has 0 aliphatic heterocycles. The molecule has 0 aliphatic rings. The standard InChI is InChI=1S/C15H15NO/c1-2-3-4-10-14(17)13-9-5-7-12-8-6-11-16-15(12)13/h2,5-9,11H,1,3-4,10H2. The van der Waals surface area contributed by atoms with Crippen LogP contribution in [0.1, 0.15) is 29.6 Å². The van der Waals surface area contributed by atoms with Gasteiger partial charge in [0.05, 0.1) is 5.52 Å². The normalized spacial score (nSPS) is 10.4. The second-order valence-electron chi connectivity index (χ2n) is 3.98. The van der Waals surface area contributed by atoms with Gasteiger partial charge in [-0.25, -0.2) is 0 Å². The van der Waals surface area contributed by atoms with Gasteiger partial charge >= 0.3 is 0 Å². The number of hydrogen-bond donors (Lipinski definition) is 0. The summed E-state index contributed by atoms with van der Waals surface area (Å²) < 4.78 is 0. The number of carbonyl (C=O) groups is 1. The minimum Gasteiger partial charge on any atom is -0.294 e. The Morgan fingerprint density at radius 1 is 1.29 bits per heavy atom. The highest BCUT2D eigenvalue weighted by Crippen LogP contribution is 2.18. The van der Waals surface area contributed by atoms with E-state index in [0.717, 1.165) is 29.3 Å². The third-order valence-corrected chi connectivity index (χ3v) is 2.75. The van der Waals surface area contributed by atoms with Crippen molar-refractivity contribution in [3.8, 4) is 0 Å². The SMILES string of the molecule is C=CCCCC(=O)c1cccc2cccnc12. The van der Waals surface area contributed by atoms with E-state index in [2.05, 4.69) is 11.6 Å². The van der Waals surface area contributed by atoms with E-state index < -0.39 is 0 Å². The van der Waals surface area contributed by atoms with Gasteiger partial charge in [-0.3, -0.25) is 9.78 Å². The van der Waals surface area contributed by atoms with Crippen LogP contribution in [-0.2, 0) is 0 Å². The number of pyridine rings is 1. The predicted molar refractivity (Wildman–Crippen MR) is 70.1 cm³/mol. The summed E-state index contributed by atoms with van der Waals surface area (Å²) in [7, 11) is 0. The van der Waals surface area contributed by atoms with E-state index in [4.69, 9.17) is 0 Å². The first-order chi connectivity index (χ1) is 8.33. The summed E-state index contributed by atoms with van der Waals surface area (Å²) in [4.78, 5) is 16.3. The third-order valence-electron chi connectivity index (χ3n) is 2.75. The summed E-state index contributed by atoms with van der Waals surface area (Å²) in [5.41, 5.74) is 1.53. The Morgan fingerprint density at radius 2 is 2.12 bits per heavy atom. The van der Waals surface area contributed by atoms with Gasteiger partial charge in [0.25, 0.3) is 0 Å². The highest BCUT2D eigenvalue weighted by molar-refractivity contribution is 6.06. The van der Waals surface area contributed by atoms with Gasteiger partial charge in [0.2, 0.25) is 0 Å². The second kappa shape index (κ2) is 5.39. The number of unbranched alkanes of at least 4 members (excludes halogenated alkanes) is 1. The average molecular weight is 225 g/mol. The smallest absolute Gasteiger partial charge is 0.165 e. The van der Waals surface area contributed by atoms with Crippen molar-refractivity contribution in [2.45, 2.75) is 19.3 Å². The van der Waals surface area contributed by atoms with Crippen LogP contribution in [0.2, 0.25) is 0 Å². The van der Waals surface area contributed by atoms with Gasteiger partial charge in [0.1, 0.15) is 0 Å². The Hall–Kier alpha value is -1.96. The molecule has 0 saturated heterocycles. The molecule has 0 fully saturated rings. The number of para-hydroxylation sites is 1. The van der Waals surface area contributed by atoms with Gasteiger partial charge < -0.3 is 0 Å². The molecule has 2 heteroatoms. The molecule has 1 aromatic carbocycles. The molecule has 0 saturated carbocycles. The third kappa shape index (κ3) is 2.59. The number of fused-ring (bicyclic) bond motifs is 1. The van der Waals surface area contributed by atoms with Crippen LogP contribution >= 0.6 is 0 Å². The van der Waals surface area contributed by atoms with Crippen LogP contribution in [0.15, 0.2) is 49.2 Å². The number of aromatic nitrogens is 1. The van der Waals surface area contributed by atoms with Gasteiger partial charge in [0.15, 0.2) is 5.78 Å². The molecule has 0 amide bonds. The first-order valence-electron chi connectivity index (χ1n) is 5.81. The van der Waals surface area contributed by atoms with Crippen LogP contribution in [0, 0.1) is 0 Å². The first kappa shape index (κ1) is 11.5. The Bertz CT molecular complexity index is 540. The Labute approximate surface area is 101 Å². The number of nitrogens with zero attached hydrogens (tertiary/aromatic N) is 1. The van der Waals surface area contributed by atoms with E-state index in [1.807, 2.05) is 36.4 Å². The monoisotopic (exact) mass is 225 g/mol. The first-order valence-corrected chi connectivity index (χ1v) is 5.81. The van der Waals surface area contributed by atoms with E-state index in [1.165, 1.54) is 0 Å². The summed E-state index contributed by atoms with van der Waals surface area (Å²) in [6, 6.07) is 9.59. The largest absolute Gasteiger partial charge is 0.294 e. The molecule has 2 aromatic rings. The van der Waals surface area contributed by atoms with Crippen LogP contribution in [0.3, 0.4) is 0 Å². The summed E-state index contributed by atoms with van der Waals surface area (Å²) in [6.07, 6.45) is 5.86. The molecule has 17 heavy (non-hydrogen) atoms. The summed E-state index contributed by atoms with van der Waals surface area (Å²) in [6.45, 7) is 3.66. The fraction of sp³-hybridized carbons (Fsp3) is 0.200. The fourth-order valence-electron chi connectivity index (χ4n) is 1.87. The fourth-order valence-corrected chi connectivity index (χ4v) is 1.87. The van der Waals surface area contributed by atoms with Gasteiger partial charge in [-0.05, 0) is 25.0 Å². The van der Waals surface area contributed by atoms with E-state index in [0.29, 0.717) is 6.42 Å². The zero-order valence-electron chi connectivity index (χ0n) is 9.73. The molecule has 0 unspecified atom stereocenters. The molecule has 1 aromatic heterocycles. The Balaban J connectivity index is 2.28. The number of rotatable bonds is 5. The van der Waals surface area contributed by atoms with Crippen LogP contribution in [0.4, 0.5) is 0 Å². The second-order valence-corrected chi connectivity index (χ2v) is 3.98. The Morgan fingerprint density at radius 3 is 2.94 bits per heavy atom. The number of carbonyl (C=O) groups excluding carboxylic acids is 1. The summed E-state index contributed by atoms with van der Waals surface area (Å²) >= 11 is 0. The number of Topliss-reactive ketones (excluding diaryl/α,β-unsaturated/α-hetero) is 1. The highest BCUT2D eigenvalue weighted by Gasteiger charge is 2.09. The van der Waals surface area contributed by atoms with Crippen LogP contribution in [-0.4, -0.2) is 10.8 Å². The molecule has 1 heterocycles. The number of hydrogen-bond acceptors (Lipinski definition) is 2. The maximum Gasteiger partial charge on any atom is 0.165 e. The predicted octanol–water partition coefficient (Wildman–Crippen LogP) is 3.77. The van der Waals surface area contributed by atoms with E-state index in [-0.39, 0.29) is 5.78 Å². The number of allylic oxidation sites excluding steroid dienone is 1. The molecule has 86 valence electrons. The van der Waals surface area contributed by atoms with Crippen molar-refractivity contribution in [2.24, 2.45) is 0 Å². The highest BCUT2D eigenvalue weighted by atomic mass is 16.1. The molecule has 0 aliphatic carbocycles. The lowest BCUT2D eigenvalue weighted by Gasteiger charge is -2.04. The zero-order valence-corrected chi connectivity index (χ0v) is 9.73. The lowest BCUT2D eigenvalue weighted by Crippen LogP contribution is -2.00. The minimum absolute atomic E-state index is 0.163. The molecule has 0 bridgehead atoms. The maximum atomic E-state index is 12.1. The Kier molecular flexibility index (Phi) is 3.66. The molecule has 0 radical (unpaired) electrons. The molecular formula is C15H15NO. The number of benzene rings is 1.